The van der Waals surface area contributed by atoms with Crippen molar-refractivity contribution in [2.75, 3.05) is 20.1 Å². The predicted molar refractivity (Wildman–Crippen MR) is 80.2 cm³/mol. The number of carbonyl (C=O) groups excluding carboxylic acids is 2. The maximum Gasteiger partial charge on any atom is 0.276 e. The van der Waals surface area contributed by atoms with E-state index >= 15 is 0 Å². The summed E-state index contributed by atoms with van der Waals surface area (Å²) in [6.07, 6.45) is 5.26. The van der Waals surface area contributed by atoms with E-state index in [1.807, 2.05) is 4.90 Å². The van der Waals surface area contributed by atoms with E-state index in [1.165, 1.54) is 12.8 Å². The summed E-state index contributed by atoms with van der Waals surface area (Å²) in [6.45, 7) is 3.12. The highest BCUT2D eigenvalue weighted by molar-refractivity contribution is 5.93. The van der Waals surface area contributed by atoms with E-state index in [0.29, 0.717) is 30.4 Å². The molecule has 1 saturated carbocycles. The highest BCUT2D eigenvalue weighted by atomic mass is 16.2. The molecule has 3 rings (SSSR count). The first-order valence-corrected chi connectivity index (χ1v) is 7.98. The Kier molecular flexibility index (Phi) is 4.13. The van der Waals surface area contributed by atoms with Gasteiger partial charge >= 0.3 is 0 Å². The van der Waals surface area contributed by atoms with Crippen LogP contribution in [0, 0.1) is 12.8 Å². The number of nitrogens with one attached hydrogen (secondary N) is 1. The summed E-state index contributed by atoms with van der Waals surface area (Å²) in [4.78, 5) is 28.2. The van der Waals surface area contributed by atoms with Gasteiger partial charge in [-0.2, -0.15) is 15.4 Å². The summed E-state index contributed by atoms with van der Waals surface area (Å²) in [5.41, 5.74) is 0.964. The highest BCUT2D eigenvalue weighted by Gasteiger charge is 2.36. The lowest BCUT2D eigenvalue weighted by atomic mass is 10.1. The Labute approximate surface area is 130 Å². The number of aryl methyl sites for hydroxylation is 1. The fourth-order valence-corrected chi connectivity index (χ4v) is 3.64. The van der Waals surface area contributed by atoms with Crippen LogP contribution in [0.25, 0.3) is 0 Å². The third kappa shape index (κ3) is 2.84. The molecule has 7 heteroatoms. The molecule has 1 aliphatic heterocycles. The van der Waals surface area contributed by atoms with Crippen molar-refractivity contribution < 1.29 is 9.59 Å². The van der Waals surface area contributed by atoms with Gasteiger partial charge in [-0.15, -0.1) is 0 Å². The van der Waals surface area contributed by atoms with Crippen molar-refractivity contribution in [1.29, 1.82) is 0 Å². The van der Waals surface area contributed by atoms with E-state index in [2.05, 4.69) is 15.4 Å². The zero-order valence-corrected chi connectivity index (χ0v) is 13.2. The van der Waals surface area contributed by atoms with Crippen LogP contribution >= 0.6 is 0 Å². The minimum Gasteiger partial charge on any atom is -0.340 e. The van der Waals surface area contributed by atoms with E-state index in [4.69, 9.17) is 0 Å². The van der Waals surface area contributed by atoms with E-state index < -0.39 is 0 Å². The Morgan fingerprint density at radius 1 is 1.36 bits per heavy atom. The lowest BCUT2D eigenvalue weighted by Gasteiger charge is -2.25. The lowest BCUT2D eigenvalue weighted by molar-refractivity contribution is -0.129. The smallest absolute Gasteiger partial charge is 0.276 e. The Bertz CT molecular complexity index is 564. The van der Waals surface area contributed by atoms with Gasteiger partial charge in [-0.25, -0.2) is 0 Å². The van der Waals surface area contributed by atoms with Gasteiger partial charge in [0.2, 0.25) is 5.91 Å². The van der Waals surface area contributed by atoms with Gasteiger partial charge in [-0.3, -0.25) is 9.59 Å². The van der Waals surface area contributed by atoms with Crippen molar-refractivity contribution in [3.8, 4) is 0 Å². The Morgan fingerprint density at radius 3 is 2.73 bits per heavy atom. The van der Waals surface area contributed by atoms with Crippen LogP contribution in [0.2, 0.25) is 0 Å². The second kappa shape index (κ2) is 6.06. The second-order valence-corrected chi connectivity index (χ2v) is 6.50. The number of hydrogen-bond acceptors (Lipinski definition) is 4. The molecule has 1 atom stereocenters. The van der Waals surface area contributed by atoms with Crippen LogP contribution in [0.1, 0.15) is 48.3 Å². The summed E-state index contributed by atoms with van der Waals surface area (Å²) in [7, 11) is 1.76. The number of carbonyl (C=O) groups is 2. The summed E-state index contributed by atoms with van der Waals surface area (Å²) in [5, 5.41) is 10.3. The molecule has 120 valence electrons. The van der Waals surface area contributed by atoms with E-state index in [9.17, 15) is 9.59 Å². The molecule has 7 nitrogen and oxygen atoms in total. The van der Waals surface area contributed by atoms with Gasteiger partial charge in [0.1, 0.15) is 0 Å². The molecule has 0 radical (unpaired) electrons. The third-order valence-corrected chi connectivity index (χ3v) is 4.81. The van der Waals surface area contributed by atoms with E-state index in [1.54, 1.807) is 18.9 Å². The molecular formula is C15H23N5O2. The number of rotatable bonds is 4. The fourth-order valence-electron chi connectivity index (χ4n) is 3.64. The molecular weight excluding hydrogens is 282 g/mol. The monoisotopic (exact) mass is 305 g/mol. The largest absolute Gasteiger partial charge is 0.340 e. The maximum absolute atomic E-state index is 12.3. The quantitative estimate of drug-likeness (QED) is 0.899. The first-order valence-electron chi connectivity index (χ1n) is 7.98. The van der Waals surface area contributed by atoms with E-state index in [0.717, 1.165) is 19.4 Å². The van der Waals surface area contributed by atoms with Crippen molar-refractivity contribution in [3.05, 3.63) is 11.4 Å². The SMILES string of the molecule is Cc1n[nH]nc1C(=O)N(C)CC1CC(=O)N(C2CCCC2)C1. The molecule has 2 fully saturated rings. The fraction of sp³-hybridized carbons (Fsp3) is 0.733. The zero-order chi connectivity index (χ0) is 15.7. The van der Waals surface area contributed by atoms with Crippen LogP contribution < -0.4 is 0 Å². The molecule has 1 aliphatic carbocycles. The average Bonchev–Trinajstić information content (AvgIpc) is 3.19. The number of nitrogens with zero attached hydrogens (tertiary/aromatic N) is 4. The molecule has 1 aromatic heterocycles. The molecule has 0 spiro atoms. The van der Waals surface area contributed by atoms with Crippen molar-refractivity contribution >= 4 is 11.8 Å². The highest BCUT2D eigenvalue weighted by Crippen LogP contribution is 2.29. The Morgan fingerprint density at radius 2 is 2.09 bits per heavy atom. The van der Waals surface area contributed by atoms with Gasteiger partial charge in [-0.05, 0) is 19.8 Å². The normalized spacial score (nSPS) is 22.5. The first-order chi connectivity index (χ1) is 10.6. The van der Waals surface area contributed by atoms with Gasteiger partial charge < -0.3 is 9.80 Å². The second-order valence-electron chi connectivity index (χ2n) is 6.50. The molecule has 0 bridgehead atoms. The van der Waals surface area contributed by atoms with Gasteiger partial charge in [0.05, 0.1) is 5.69 Å². The topological polar surface area (TPSA) is 82.2 Å². The summed E-state index contributed by atoms with van der Waals surface area (Å²) in [6, 6.07) is 0.427. The van der Waals surface area contributed by atoms with Crippen LogP contribution in [0.4, 0.5) is 0 Å². The molecule has 2 amide bonds. The van der Waals surface area contributed by atoms with Gasteiger partial charge in [-0.1, -0.05) is 12.8 Å². The zero-order valence-electron chi connectivity index (χ0n) is 13.2. The lowest BCUT2D eigenvalue weighted by Crippen LogP contribution is -2.36. The number of aromatic amines is 1. The minimum atomic E-state index is -0.141. The van der Waals surface area contributed by atoms with Gasteiger partial charge in [0, 0.05) is 38.5 Å². The van der Waals surface area contributed by atoms with Crippen LogP contribution in [0.15, 0.2) is 0 Å². The minimum absolute atomic E-state index is 0.141. The van der Waals surface area contributed by atoms with Crippen LogP contribution in [-0.4, -0.2) is 63.2 Å². The molecule has 1 aromatic rings. The molecule has 22 heavy (non-hydrogen) atoms. The predicted octanol–water partition coefficient (Wildman–Crippen LogP) is 0.976. The van der Waals surface area contributed by atoms with Crippen molar-refractivity contribution in [1.82, 2.24) is 25.2 Å². The molecule has 0 aromatic carbocycles. The van der Waals surface area contributed by atoms with Crippen LogP contribution in [0.3, 0.4) is 0 Å². The third-order valence-electron chi connectivity index (χ3n) is 4.81. The molecule has 2 heterocycles. The average molecular weight is 305 g/mol. The number of hydrogen-bond donors (Lipinski definition) is 1. The number of amides is 2. The molecule has 1 saturated heterocycles. The van der Waals surface area contributed by atoms with E-state index in [-0.39, 0.29) is 17.7 Å². The summed E-state index contributed by atoms with van der Waals surface area (Å²) < 4.78 is 0. The van der Waals surface area contributed by atoms with Gasteiger partial charge in [0.25, 0.3) is 5.91 Å². The Balaban J connectivity index is 1.58. The molecule has 2 aliphatic rings. The molecule has 1 unspecified atom stereocenters. The summed E-state index contributed by atoms with van der Waals surface area (Å²) >= 11 is 0. The van der Waals surface area contributed by atoms with Crippen LogP contribution in [-0.2, 0) is 4.79 Å². The van der Waals surface area contributed by atoms with Crippen molar-refractivity contribution in [2.24, 2.45) is 5.92 Å². The van der Waals surface area contributed by atoms with Crippen LogP contribution in [0.5, 0.6) is 0 Å². The number of H-pyrrole nitrogens is 1. The van der Waals surface area contributed by atoms with Crippen molar-refractivity contribution in [2.45, 2.75) is 45.1 Å². The first kappa shape index (κ1) is 15.0. The summed E-state index contributed by atoms with van der Waals surface area (Å²) in [5.74, 6) is 0.322. The Hall–Kier alpha value is -1.92. The van der Waals surface area contributed by atoms with Crippen molar-refractivity contribution in [3.63, 3.8) is 0 Å². The number of likely N-dealkylation sites (tertiary alicyclic amines) is 1. The maximum atomic E-state index is 12.3. The molecule has 1 N–H and O–H groups in total. The standard InChI is InChI=1S/C15H23N5O2/c1-10-14(17-18-16-10)15(22)19(2)8-11-7-13(21)20(9-11)12-5-3-4-6-12/h11-12H,3-9H2,1-2H3,(H,16,17,18). The van der Waals surface area contributed by atoms with Gasteiger partial charge in [0.15, 0.2) is 5.69 Å². The number of aromatic nitrogens is 3.